The van der Waals surface area contributed by atoms with Crippen molar-refractivity contribution < 1.29 is 19.5 Å². The molecule has 2 rings (SSSR count). The van der Waals surface area contributed by atoms with Crippen molar-refractivity contribution in [1.29, 1.82) is 0 Å². The van der Waals surface area contributed by atoms with E-state index in [-0.39, 0.29) is 6.61 Å². The van der Waals surface area contributed by atoms with E-state index in [1.54, 1.807) is 12.6 Å². The quantitative estimate of drug-likeness (QED) is 0.628. The maximum absolute atomic E-state index is 11.3. The van der Waals surface area contributed by atoms with Gasteiger partial charge in [0.2, 0.25) is 5.90 Å². The number of aliphatic imine (C=N–C) groups is 1. The number of carbonyl (C=O) groups is 1. The lowest BCUT2D eigenvalue weighted by atomic mass is 10.1. The predicted molar refractivity (Wildman–Crippen MR) is 73.2 cm³/mol. The lowest BCUT2D eigenvalue weighted by molar-refractivity contribution is -0.130. The average Bonchev–Trinajstić information content (AvgIpc) is 2.96. The van der Waals surface area contributed by atoms with Gasteiger partial charge in [0, 0.05) is 5.56 Å². The van der Waals surface area contributed by atoms with Gasteiger partial charge < -0.3 is 9.47 Å². The van der Waals surface area contributed by atoms with Crippen LogP contribution in [0, 0.1) is 0 Å². The van der Waals surface area contributed by atoms with Crippen LogP contribution in [0.15, 0.2) is 23.2 Å². The second kappa shape index (κ2) is 6.38. The van der Waals surface area contributed by atoms with E-state index in [1.807, 2.05) is 18.2 Å². The summed E-state index contributed by atoms with van der Waals surface area (Å²) in [5.41, 5.74) is 3.47. The van der Waals surface area contributed by atoms with Crippen LogP contribution in [0.4, 0.5) is 0 Å². The van der Waals surface area contributed by atoms with Crippen LogP contribution in [0.3, 0.4) is 0 Å². The Kier molecular flexibility index (Phi) is 4.57. The summed E-state index contributed by atoms with van der Waals surface area (Å²) in [6, 6.07) is 4.97. The Bertz CT molecular complexity index is 528. The van der Waals surface area contributed by atoms with Gasteiger partial charge in [0.15, 0.2) is 6.04 Å². The minimum absolute atomic E-state index is 0.136. The lowest BCUT2D eigenvalue weighted by Crippen LogP contribution is -2.31. The second-order valence-corrected chi connectivity index (χ2v) is 4.51. The van der Waals surface area contributed by atoms with Gasteiger partial charge in [-0.2, -0.15) is 0 Å². The van der Waals surface area contributed by atoms with Gasteiger partial charge in [0.1, 0.15) is 12.4 Å². The van der Waals surface area contributed by atoms with Crippen LogP contribution in [0.1, 0.15) is 24.5 Å². The highest BCUT2D eigenvalue weighted by atomic mass is 16.5. The molecule has 0 saturated carbocycles. The summed E-state index contributed by atoms with van der Waals surface area (Å²) in [6.07, 6.45) is 1.90. The zero-order valence-electron chi connectivity index (χ0n) is 11.5. The minimum atomic E-state index is -0.702. The Morgan fingerprint density at radius 2 is 2.40 bits per heavy atom. The number of hydrogen-bond acceptors (Lipinski definition) is 5. The summed E-state index contributed by atoms with van der Waals surface area (Å²) >= 11 is 0. The summed E-state index contributed by atoms with van der Waals surface area (Å²) in [7, 11) is 1.64. The number of amides is 1. The molecule has 108 valence electrons. The van der Waals surface area contributed by atoms with Gasteiger partial charge in [0.05, 0.1) is 7.11 Å². The fraction of sp³-hybridized carbons (Fsp3) is 0.429. The molecule has 20 heavy (non-hydrogen) atoms. The minimum Gasteiger partial charge on any atom is -0.496 e. The summed E-state index contributed by atoms with van der Waals surface area (Å²) in [5.74, 6) is 0.680. The van der Waals surface area contributed by atoms with Gasteiger partial charge in [-0.05, 0) is 30.2 Å². The third-order valence-corrected chi connectivity index (χ3v) is 3.11. The molecule has 0 bridgehead atoms. The highest BCUT2D eigenvalue weighted by Crippen LogP contribution is 2.23. The SMILES string of the molecule is CCCc1cc(C2=NC(C(=O)NO)CO2)ccc1OC. The maximum Gasteiger partial charge on any atom is 0.271 e. The standard InChI is InChI=1S/C14H18N2O4/c1-3-4-9-7-10(5-6-12(9)19-2)14-15-11(8-20-14)13(17)16-18/h5-7,11,18H,3-4,8H2,1-2H3,(H,16,17). The van der Waals surface area contributed by atoms with Gasteiger partial charge in [-0.3, -0.25) is 10.0 Å². The number of benzene rings is 1. The molecule has 0 saturated heterocycles. The lowest BCUT2D eigenvalue weighted by Gasteiger charge is -2.09. The maximum atomic E-state index is 11.3. The Hall–Kier alpha value is -2.08. The van der Waals surface area contributed by atoms with Crippen molar-refractivity contribution in [3.05, 3.63) is 29.3 Å². The third-order valence-electron chi connectivity index (χ3n) is 3.11. The molecule has 1 aromatic carbocycles. The van der Waals surface area contributed by atoms with E-state index in [2.05, 4.69) is 11.9 Å². The molecule has 0 spiro atoms. The number of hydrogen-bond donors (Lipinski definition) is 2. The summed E-state index contributed by atoms with van der Waals surface area (Å²) in [5, 5.41) is 8.59. The Morgan fingerprint density at radius 1 is 1.60 bits per heavy atom. The summed E-state index contributed by atoms with van der Waals surface area (Å²) in [6.45, 7) is 2.23. The van der Waals surface area contributed by atoms with Crippen molar-refractivity contribution in [3.8, 4) is 5.75 Å². The van der Waals surface area contributed by atoms with Gasteiger partial charge in [-0.15, -0.1) is 0 Å². The van der Waals surface area contributed by atoms with E-state index < -0.39 is 11.9 Å². The first-order chi connectivity index (χ1) is 9.69. The zero-order chi connectivity index (χ0) is 14.5. The van der Waals surface area contributed by atoms with Crippen molar-refractivity contribution in [3.63, 3.8) is 0 Å². The molecule has 1 aliphatic heterocycles. The average molecular weight is 278 g/mol. The molecule has 0 fully saturated rings. The molecule has 6 nitrogen and oxygen atoms in total. The smallest absolute Gasteiger partial charge is 0.271 e. The number of aryl methyl sites for hydroxylation is 1. The molecule has 0 aliphatic carbocycles. The Balaban J connectivity index is 2.25. The fourth-order valence-corrected chi connectivity index (χ4v) is 2.12. The second-order valence-electron chi connectivity index (χ2n) is 4.51. The van der Waals surface area contributed by atoms with Crippen molar-refractivity contribution in [2.45, 2.75) is 25.8 Å². The molecular weight excluding hydrogens is 260 g/mol. The van der Waals surface area contributed by atoms with E-state index in [1.165, 1.54) is 0 Å². The normalized spacial score (nSPS) is 17.4. The molecule has 1 amide bonds. The van der Waals surface area contributed by atoms with Crippen LogP contribution >= 0.6 is 0 Å². The van der Waals surface area contributed by atoms with Gasteiger partial charge in [-0.25, -0.2) is 10.5 Å². The number of ether oxygens (including phenoxy) is 2. The summed E-state index contributed by atoms with van der Waals surface area (Å²) < 4.78 is 10.7. The van der Waals surface area contributed by atoms with Crippen LogP contribution in [-0.2, 0) is 16.0 Å². The van der Waals surface area contributed by atoms with E-state index in [0.29, 0.717) is 5.90 Å². The number of rotatable bonds is 5. The topological polar surface area (TPSA) is 80.2 Å². The highest BCUT2D eigenvalue weighted by Gasteiger charge is 2.26. The highest BCUT2D eigenvalue weighted by molar-refractivity contribution is 5.98. The first-order valence-corrected chi connectivity index (χ1v) is 6.51. The third kappa shape index (κ3) is 2.91. The Morgan fingerprint density at radius 3 is 3.05 bits per heavy atom. The van der Waals surface area contributed by atoms with Crippen molar-refractivity contribution in [2.75, 3.05) is 13.7 Å². The zero-order valence-corrected chi connectivity index (χ0v) is 11.5. The van der Waals surface area contributed by atoms with Crippen molar-refractivity contribution in [2.24, 2.45) is 4.99 Å². The van der Waals surface area contributed by atoms with Gasteiger partial charge in [-0.1, -0.05) is 13.3 Å². The number of nitrogens with zero attached hydrogens (tertiary/aromatic N) is 1. The molecule has 1 unspecified atom stereocenters. The van der Waals surface area contributed by atoms with Crippen LogP contribution in [0.2, 0.25) is 0 Å². The van der Waals surface area contributed by atoms with Crippen LogP contribution < -0.4 is 10.2 Å². The van der Waals surface area contributed by atoms with Crippen LogP contribution in [0.25, 0.3) is 0 Å². The molecule has 1 aromatic rings. The monoisotopic (exact) mass is 278 g/mol. The largest absolute Gasteiger partial charge is 0.496 e. The van der Waals surface area contributed by atoms with E-state index in [9.17, 15) is 4.79 Å². The number of methoxy groups -OCH3 is 1. The molecule has 2 N–H and O–H groups in total. The Labute approximate surface area is 117 Å². The number of nitrogens with one attached hydrogen (secondary N) is 1. The van der Waals surface area contributed by atoms with Crippen LogP contribution in [-0.4, -0.2) is 36.8 Å². The number of carbonyl (C=O) groups excluding carboxylic acids is 1. The van der Waals surface area contributed by atoms with E-state index in [4.69, 9.17) is 14.7 Å². The van der Waals surface area contributed by atoms with Gasteiger partial charge >= 0.3 is 0 Å². The molecule has 1 atom stereocenters. The first kappa shape index (κ1) is 14.3. The molecule has 0 radical (unpaired) electrons. The van der Waals surface area contributed by atoms with Crippen LogP contribution in [0.5, 0.6) is 5.75 Å². The first-order valence-electron chi connectivity index (χ1n) is 6.51. The van der Waals surface area contributed by atoms with Crippen molar-refractivity contribution in [1.82, 2.24) is 5.48 Å². The number of hydroxylamine groups is 1. The van der Waals surface area contributed by atoms with Crippen molar-refractivity contribution >= 4 is 11.8 Å². The predicted octanol–water partition coefficient (Wildman–Crippen LogP) is 1.30. The molecule has 1 aliphatic rings. The van der Waals surface area contributed by atoms with E-state index in [0.717, 1.165) is 29.7 Å². The molecule has 1 heterocycles. The molecular formula is C14H18N2O4. The van der Waals surface area contributed by atoms with E-state index >= 15 is 0 Å². The molecule has 6 heteroatoms. The fourth-order valence-electron chi connectivity index (χ4n) is 2.12. The van der Waals surface area contributed by atoms with Gasteiger partial charge in [0.25, 0.3) is 5.91 Å². The summed E-state index contributed by atoms with van der Waals surface area (Å²) in [4.78, 5) is 15.5. The molecule has 0 aromatic heterocycles.